The van der Waals surface area contributed by atoms with E-state index < -0.39 is 18.1 Å². The number of amides is 2. The lowest BCUT2D eigenvalue weighted by Gasteiger charge is -2.34. The molecule has 1 unspecified atom stereocenters. The SMILES string of the molecule is CC(C)OC(=O)[C@H](CCCN=C(N)N)NC(=O)[C@@H](NC(=O)C(Cc1ccc(C(=N)N)cc1)C1CCCCC1)C1CCCCC1. The van der Waals surface area contributed by atoms with Crippen LogP contribution in [0.5, 0.6) is 0 Å². The van der Waals surface area contributed by atoms with Gasteiger partial charge >= 0.3 is 5.97 Å². The summed E-state index contributed by atoms with van der Waals surface area (Å²) >= 11 is 0. The van der Waals surface area contributed by atoms with Gasteiger partial charge in [0.1, 0.15) is 17.9 Å². The van der Waals surface area contributed by atoms with Crippen molar-refractivity contribution in [3.63, 3.8) is 0 Å². The number of esters is 1. The van der Waals surface area contributed by atoms with Crippen LogP contribution in [-0.4, -0.2) is 54.3 Å². The molecular weight excluding hydrogens is 558 g/mol. The van der Waals surface area contributed by atoms with E-state index in [1.54, 1.807) is 13.8 Å². The lowest BCUT2D eigenvalue weighted by atomic mass is 9.76. The average molecular weight is 612 g/mol. The highest BCUT2D eigenvalue weighted by Gasteiger charge is 2.37. The Kier molecular flexibility index (Phi) is 14.0. The smallest absolute Gasteiger partial charge is 0.328 e. The van der Waals surface area contributed by atoms with E-state index in [9.17, 15) is 14.4 Å². The van der Waals surface area contributed by atoms with Crippen LogP contribution >= 0.6 is 0 Å². The minimum absolute atomic E-state index is 0.00581. The number of rotatable bonds is 15. The highest BCUT2D eigenvalue weighted by atomic mass is 16.5. The van der Waals surface area contributed by atoms with Crippen molar-refractivity contribution in [3.05, 3.63) is 35.4 Å². The summed E-state index contributed by atoms with van der Waals surface area (Å²) < 4.78 is 5.46. The van der Waals surface area contributed by atoms with Gasteiger partial charge in [0.15, 0.2) is 5.96 Å². The van der Waals surface area contributed by atoms with E-state index in [4.69, 9.17) is 27.3 Å². The monoisotopic (exact) mass is 611 g/mol. The molecule has 9 N–H and O–H groups in total. The molecule has 2 fully saturated rings. The highest BCUT2D eigenvalue weighted by molar-refractivity contribution is 5.95. The Morgan fingerprint density at radius 2 is 1.48 bits per heavy atom. The van der Waals surface area contributed by atoms with Crippen molar-refractivity contribution in [1.29, 1.82) is 5.41 Å². The molecule has 11 nitrogen and oxygen atoms in total. The number of ether oxygens (including phenoxy) is 1. The third kappa shape index (κ3) is 11.1. The summed E-state index contributed by atoms with van der Waals surface area (Å²) in [5.74, 6) is -1.10. The van der Waals surface area contributed by atoms with Crippen LogP contribution in [0.15, 0.2) is 29.3 Å². The van der Waals surface area contributed by atoms with Crippen LogP contribution in [0.1, 0.15) is 102 Å². The van der Waals surface area contributed by atoms with Crippen molar-refractivity contribution >= 4 is 29.6 Å². The number of nitrogens with zero attached hydrogens (tertiary/aromatic N) is 1. The van der Waals surface area contributed by atoms with Crippen LogP contribution in [-0.2, 0) is 25.5 Å². The van der Waals surface area contributed by atoms with E-state index in [1.165, 1.54) is 6.42 Å². The van der Waals surface area contributed by atoms with Gasteiger partial charge in [0, 0.05) is 18.0 Å². The summed E-state index contributed by atoms with van der Waals surface area (Å²) in [5, 5.41) is 13.8. The number of nitrogen functional groups attached to an aromatic ring is 1. The molecule has 2 aliphatic carbocycles. The third-order valence-electron chi connectivity index (χ3n) is 8.88. The van der Waals surface area contributed by atoms with E-state index >= 15 is 0 Å². The van der Waals surface area contributed by atoms with Gasteiger partial charge in [-0.1, -0.05) is 62.8 Å². The summed E-state index contributed by atoms with van der Waals surface area (Å²) in [4.78, 5) is 45.1. The van der Waals surface area contributed by atoms with Crippen LogP contribution in [0, 0.1) is 23.2 Å². The molecule has 11 heteroatoms. The Bertz CT molecular complexity index is 1120. The van der Waals surface area contributed by atoms with E-state index in [0.29, 0.717) is 31.4 Å². The zero-order valence-corrected chi connectivity index (χ0v) is 26.5. The first kappa shape index (κ1) is 34.9. The molecule has 0 radical (unpaired) electrons. The number of aliphatic imine (C=N–C) groups is 1. The molecule has 1 aromatic carbocycles. The number of benzene rings is 1. The van der Waals surface area contributed by atoms with Crippen molar-refractivity contribution in [2.45, 2.75) is 116 Å². The number of hydrogen-bond acceptors (Lipinski definition) is 6. The predicted molar refractivity (Wildman–Crippen MR) is 173 cm³/mol. The Morgan fingerprint density at radius 1 is 0.886 bits per heavy atom. The first-order chi connectivity index (χ1) is 21.0. The fourth-order valence-corrected chi connectivity index (χ4v) is 6.54. The van der Waals surface area contributed by atoms with Crippen LogP contribution in [0.25, 0.3) is 0 Å². The van der Waals surface area contributed by atoms with Crippen LogP contribution in [0.2, 0.25) is 0 Å². The lowest BCUT2D eigenvalue weighted by molar-refractivity contribution is -0.152. The molecule has 0 spiro atoms. The van der Waals surface area contributed by atoms with Crippen molar-refractivity contribution in [3.8, 4) is 0 Å². The second kappa shape index (κ2) is 17.6. The van der Waals surface area contributed by atoms with Gasteiger partial charge in [0.05, 0.1) is 6.10 Å². The molecule has 3 rings (SSSR count). The first-order valence-electron chi connectivity index (χ1n) is 16.3. The maximum absolute atomic E-state index is 14.1. The third-order valence-corrected chi connectivity index (χ3v) is 8.88. The summed E-state index contributed by atoms with van der Waals surface area (Å²) in [6.07, 6.45) is 11.1. The minimum atomic E-state index is -0.879. The van der Waals surface area contributed by atoms with Crippen LogP contribution < -0.4 is 27.8 Å². The highest BCUT2D eigenvalue weighted by Crippen LogP contribution is 2.33. The fourth-order valence-electron chi connectivity index (χ4n) is 6.54. The molecular formula is C33H53N7O4. The Balaban J connectivity index is 1.82. The molecule has 0 heterocycles. The molecule has 2 aliphatic rings. The molecule has 2 saturated carbocycles. The van der Waals surface area contributed by atoms with Gasteiger partial charge in [-0.25, -0.2) is 4.79 Å². The summed E-state index contributed by atoms with van der Waals surface area (Å²) in [6, 6.07) is 5.86. The summed E-state index contributed by atoms with van der Waals surface area (Å²) in [5.41, 5.74) is 18.2. The number of carbonyl (C=O) groups excluding carboxylic acids is 3. The maximum atomic E-state index is 14.1. The second-order valence-corrected chi connectivity index (χ2v) is 12.7. The zero-order chi connectivity index (χ0) is 32.1. The normalized spacial score (nSPS) is 18.1. The van der Waals surface area contributed by atoms with Gasteiger partial charge in [-0.2, -0.15) is 0 Å². The Morgan fingerprint density at radius 3 is 2.02 bits per heavy atom. The first-order valence-corrected chi connectivity index (χ1v) is 16.3. The molecule has 44 heavy (non-hydrogen) atoms. The lowest BCUT2D eigenvalue weighted by Crippen LogP contribution is -2.56. The van der Waals surface area contributed by atoms with E-state index in [-0.39, 0.29) is 47.5 Å². The maximum Gasteiger partial charge on any atom is 0.328 e. The van der Waals surface area contributed by atoms with Gasteiger partial charge in [0.25, 0.3) is 0 Å². The Hall–Kier alpha value is -3.63. The molecule has 244 valence electrons. The predicted octanol–water partition coefficient (Wildman–Crippen LogP) is 3.26. The van der Waals surface area contributed by atoms with E-state index in [2.05, 4.69) is 15.6 Å². The average Bonchev–Trinajstić information content (AvgIpc) is 3.00. The van der Waals surface area contributed by atoms with Crippen LogP contribution in [0.3, 0.4) is 0 Å². The van der Waals surface area contributed by atoms with Crippen molar-refractivity contribution in [2.75, 3.05) is 6.54 Å². The Labute approximate surface area is 262 Å². The summed E-state index contributed by atoms with van der Waals surface area (Å²) in [7, 11) is 0. The van der Waals surface area contributed by atoms with Gasteiger partial charge in [-0.15, -0.1) is 0 Å². The minimum Gasteiger partial charge on any atom is -0.461 e. The van der Waals surface area contributed by atoms with Crippen molar-refractivity contribution in [1.82, 2.24) is 10.6 Å². The van der Waals surface area contributed by atoms with Gasteiger partial charge in [-0.05, 0) is 76.2 Å². The quantitative estimate of drug-likeness (QED) is 0.0756. The van der Waals surface area contributed by atoms with Crippen LogP contribution in [0.4, 0.5) is 0 Å². The molecule has 3 atom stereocenters. The molecule has 0 aromatic heterocycles. The molecule has 0 saturated heterocycles. The molecule has 1 aromatic rings. The van der Waals surface area contributed by atoms with Gasteiger partial charge < -0.3 is 32.6 Å². The van der Waals surface area contributed by atoms with Crippen molar-refractivity contribution < 1.29 is 19.1 Å². The number of guanidine groups is 1. The van der Waals surface area contributed by atoms with Gasteiger partial charge in [0.2, 0.25) is 11.8 Å². The number of hydrogen-bond donors (Lipinski definition) is 6. The topological polar surface area (TPSA) is 199 Å². The number of nitrogens with two attached hydrogens (primary N) is 3. The molecule has 2 amide bonds. The fraction of sp³-hybridized carbons (Fsp3) is 0.667. The summed E-state index contributed by atoms with van der Waals surface area (Å²) in [6.45, 7) is 3.85. The van der Waals surface area contributed by atoms with E-state index in [1.807, 2.05) is 24.3 Å². The van der Waals surface area contributed by atoms with E-state index in [0.717, 1.165) is 63.4 Å². The van der Waals surface area contributed by atoms with Crippen molar-refractivity contribution in [2.24, 2.45) is 39.9 Å². The number of amidine groups is 1. The number of nitrogens with one attached hydrogen (secondary N) is 3. The molecule has 0 aliphatic heterocycles. The zero-order valence-electron chi connectivity index (χ0n) is 26.5. The largest absolute Gasteiger partial charge is 0.461 e. The van der Waals surface area contributed by atoms with Gasteiger partial charge in [-0.3, -0.25) is 20.0 Å². The molecule has 0 bridgehead atoms. The number of carbonyl (C=O) groups is 3. The second-order valence-electron chi connectivity index (χ2n) is 12.7. The standard InChI is InChI=1S/C33H53N7O4/c1-21(2)44-32(43)27(14-9-19-38-33(36)37)39-31(42)28(24-12-7-4-8-13-24)40-30(41)26(23-10-5-3-6-11-23)20-22-15-17-25(18-16-22)29(34)35/h15-18,21,23-24,26-28H,3-14,19-20H2,1-2H3,(H3,34,35)(H,39,42)(H,40,41)(H4,36,37,38)/t26?,27-,28-/m0/s1.